The molecule has 4 bridgehead atoms. The van der Waals surface area contributed by atoms with E-state index in [1.54, 1.807) is 18.5 Å². The SMILES string of the molecule is O=C(CSc1ccccc1C(=O)Nc1cnc(-c2ccccc2)nc1)NC12CC3CC(CC(C3)C1)C2. The van der Waals surface area contributed by atoms with Gasteiger partial charge in [0.25, 0.3) is 5.91 Å². The van der Waals surface area contributed by atoms with Crippen LogP contribution < -0.4 is 10.6 Å². The van der Waals surface area contributed by atoms with Crippen molar-refractivity contribution < 1.29 is 9.59 Å². The number of hydrogen-bond acceptors (Lipinski definition) is 5. The Bertz CT molecular complexity index is 1230. The van der Waals surface area contributed by atoms with Gasteiger partial charge >= 0.3 is 0 Å². The first-order chi connectivity index (χ1) is 17.6. The van der Waals surface area contributed by atoms with Gasteiger partial charge in [-0.3, -0.25) is 9.59 Å². The van der Waals surface area contributed by atoms with E-state index < -0.39 is 0 Å². The number of anilines is 1. The Morgan fingerprint density at radius 1 is 0.861 bits per heavy atom. The van der Waals surface area contributed by atoms with Crippen molar-refractivity contribution in [2.24, 2.45) is 17.8 Å². The summed E-state index contributed by atoms with van der Waals surface area (Å²) >= 11 is 1.42. The summed E-state index contributed by atoms with van der Waals surface area (Å²) in [6.45, 7) is 0. The highest BCUT2D eigenvalue weighted by molar-refractivity contribution is 8.00. The predicted molar refractivity (Wildman–Crippen MR) is 142 cm³/mol. The van der Waals surface area contributed by atoms with E-state index in [-0.39, 0.29) is 17.4 Å². The van der Waals surface area contributed by atoms with Crippen molar-refractivity contribution in [3.05, 3.63) is 72.6 Å². The molecule has 3 aromatic rings. The predicted octanol–water partition coefficient (Wildman–Crippen LogP) is 5.57. The minimum Gasteiger partial charge on any atom is -0.350 e. The largest absolute Gasteiger partial charge is 0.350 e. The summed E-state index contributed by atoms with van der Waals surface area (Å²) in [6, 6.07) is 17.1. The van der Waals surface area contributed by atoms with Gasteiger partial charge in [-0.1, -0.05) is 42.5 Å². The monoisotopic (exact) mass is 498 g/mol. The van der Waals surface area contributed by atoms with Crippen LogP contribution in [0, 0.1) is 17.8 Å². The van der Waals surface area contributed by atoms with Crippen LogP contribution in [-0.4, -0.2) is 33.1 Å². The maximum Gasteiger partial charge on any atom is 0.256 e. The Morgan fingerprint density at radius 3 is 2.14 bits per heavy atom. The van der Waals surface area contributed by atoms with E-state index in [0.717, 1.165) is 47.5 Å². The Labute approximate surface area is 215 Å². The molecule has 4 saturated carbocycles. The maximum absolute atomic E-state index is 13.1. The van der Waals surface area contributed by atoms with Crippen molar-refractivity contribution in [2.75, 3.05) is 11.1 Å². The molecule has 0 unspecified atom stereocenters. The standard InChI is InChI=1S/C29H30N4O2S/c34-26(33-29-13-19-10-20(14-29)12-21(11-19)15-29)18-36-25-9-5-4-8-24(25)28(35)32-23-16-30-27(31-17-23)22-6-2-1-3-7-22/h1-9,16-17,19-21H,10-15,18H2,(H,32,35)(H,33,34). The molecule has 2 amide bonds. The molecule has 6 nitrogen and oxygen atoms in total. The highest BCUT2D eigenvalue weighted by Crippen LogP contribution is 2.55. The Morgan fingerprint density at radius 2 is 1.47 bits per heavy atom. The lowest BCUT2D eigenvalue weighted by Crippen LogP contribution is -2.60. The fourth-order valence-electron chi connectivity index (χ4n) is 6.85. The number of thioether (sulfide) groups is 1. The smallest absolute Gasteiger partial charge is 0.256 e. The van der Waals surface area contributed by atoms with E-state index >= 15 is 0 Å². The molecular weight excluding hydrogens is 468 g/mol. The number of amides is 2. The average molecular weight is 499 g/mol. The molecule has 184 valence electrons. The van der Waals surface area contributed by atoms with Gasteiger partial charge in [-0.15, -0.1) is 11.8 Å². The third-order valence-electron chi connectivity index (χ3n) is 7.87. The molecule has 2 N–H and O–H groups in total. The second kappa shape index (κ2) is 9.69. The fourth-order valence-corrected chi connectivity index (χ4v) is 7.70. The van der Waals surface area contributed by atoms with Crippen LogP contribution in [0.1, 0.15) is 48.9 Å². The number of benzene rings is 2. The molecule has 0 atom stereocenters. The van der Waals surface area contributed by atoms with Crippen LogP contribution in [0.15, 0.2) is 71.9 Å². The number of rotatable bonds is 7. The molecule has 0 radical (unpaired) electrons. The van der Waals surface area contributed by atoms with Gasteiger partial charge in [0, 0.05) is 16.0 Å². The lowest BCUT2D eigenvalue weighted by atomic mass is 9.53. The molecule has 1 aromatic heterocycles. The zero-order valence-electron chi connectivity index (χ0n) is 20.2. The number of nitrogens with zero attached hydrogens (tertiary/aromatic N) is 2. The van der Waals surface area contributed by atoms with Gasteiger partial charge in [0.05, 0.1) is 29.4 Å². The molecule has 7 heteroatoms. The summed E-state index contributed by atoms with van der Waals surface area (Å²) in [5.74, 6) is 3.12. The lowest BCUT2D eigenvalue weighted by molar-refractivity contribution is -0.124. The van der Waals surface area contributed by atoms with E-state index in [9.17, 15) is 9.59 Å². The van der Waals surface area contributed by atoms with Gasteiger partial charge in [0.1, 0.15) is 0 Å². The molecule has 4 aliphatic rings. The number of carbonyl (C=O) groups excluding carboxylic acids is 2. The Kier molecular flexibility index (Phi) is 6.25. The molecular formula is C29H30N4O2S. The van der Waals surface area contributed by atoms with E-state index in [4.69, 9.17) is 0 Å². The summed E-state index contributed by atoms with van der Waals surface area (Å²) in [7, 11) is 0. The minimum atomic E-state index is -0.240. The van der Waals surface area contributed by atoms with E-state index in [1.165, 1.54) is 31.0 Å². The van der Waals surface area contributed by atoms with Crippen LogP contribution in [0.5, 0.6) is 0 Å². The first kappa shape index (κ1) is 23.2. The van der Waals surface area contributed by atoms with Crippen LogP contribution in [0.25, 0.3) is 11.4 Å². The highest BCUT2D eigenvalue weighted by Gasteiger charge is 2.51. The normalized spacial score (nSPS) is 25.9. The highest BCUT2D eigenvalue weighted by atomic mass is 32.2. The van der Waals surface area contributed by atoms with E-state index in [1.807, 2.05) is 48.5 Å². The number of carbonyl (C=O) groups is 2. The second-order valence-corrected chi connectivity index (χ2v) is 11.7. The number of hydrogen-bond donors (Lipinski definition) is 2. The van der Waals surface area contributed by atoms with Crippen molar-refractivity contribution in [3.63, 3.8) is 0 Å². The van der Waals surface area contributed by atoms with Gasteiger partial charge in [0.15, 0.2) is 5.82 Å². The molecule has 2 aromatic carbocycles. The van der Waals surface area contributed by atoms with Crippen LogP contribution in [-0.2, 0) is 4.79 Å². The fraction of sp³-hybridized carbons (Fsp3) is 0.379. The number of aromatic nitrogens is 2. The van der Waals surface area contributed by atoms with Gasteiger partial charge in [-0.05, 0) is 68.4 Å². The summed E-state index contributed by atoms with van der Waals surface area (Å²) < 4.78 is 0. The Balaban J connectivity index is 1.08. The maximum atomic E-state index is 13.1. The molecule has 0 saturated heterocycles. The topological polar surface area (TPSA) is 84.0 Å². The molecule has 36 heavy (non-hydrogen) atoms. The number of nitrogens with one attached hydrogen (secondary N) is 2. The van der Waals surface area contributed by atoms with Gasteiger partial charge < -0.3 is 10.6 Å². The van der Waals surface area contributed by atoms with Crippen LogP contribution in [0.3, 0.4) is 0 Å². The third-order valence-corrected chi connectivity index (χ3v) is 8.95. The van der Waals surface area contributed by atoms with E-state index in [0.29, 0.717) is 22.8 Å². The quantitative estimate of drug-likeness (QED) is 0.416. The zero-order valence-corrected chi connectivity index (χ0v) is 21.0. The van der Waals surface area contributed by atoms with Crippen molar-refractivity contribution in [1.82, 2.24) is 15.3 Å². The van der Waals surface area contributed by atoms with Crippen LogP contribution >= 0.6 is 11.8 Å². The molecule has 4 aliphatic carbocycles. The average Bonchev–Trinajstić information content (AvgIpc) is 2.87. The van der Waals surface area contributed by atoms with E-state index in [2.05, 4.69) is 20.6 Å². The first-order valence-electron chi connectivity index (χ1n) is 12.8. The third kappa shape index (κ3) is 4.89. The van der Waals surface area contributed by atoms with Crippen LogP contribution in [0.4, 0.5) is 5.69 Å². The van der Waals surface area contributed by atoms with Gasteiger partial charge in [0.2, 0.25) is 5.91 Å². The molecule has 1 heterocycles. The van der Waals surface area contributed by atoms with Gasteiger partial charge in [-0.25, -0.2) is 9.97 Å². The zero-order chi connectivity index (χ0) is 24.5. The summed E-state index contributed by atoms with van der Waals surface area (Å²) in [6.07, 6.45) is 10.7. The van der Waals surface area contributed by atoms with Gasteiger partial charge in [-0.2, -0.15) is 0 Å². The summed E-state index contributed by atoms with van der Waals surface area (Å²) in [5.41, 5.74) is 2.00. The lowest BCUT2D eigenvalue weighted by Gasteiger charge is -2.56. The molecule has 0 aliphatic heterocycles. The molecule has 7 rings (SSSR count). The summed E-state index contributed by atoms with van der Waals surface area (Å²) in [4.78, 5) is 35.6. The minimum absolute atomic E-state index is 0.00913. The van der Waals surface area contributed by atoms with Crippen molar-refractivity contribution >= 4 is 29.3 Å². The molecule has 4 fully saturated rings. The van der Waals surface area contributed by atoms with Crippen LogP contribution in [0.2, 0.25) is 0 Å². The summed E-state index contributed by atoms with van der Waals surface area (Å²) in [5, 5.41) is 6.32. The Hall–Kier alpha value is -3.19. The first-order valence-corrected chi connectivity index (χ1v) is 13.8. The van der Waals surface area contributed by atoms with Crippen molar-refractivity contribution in [1.29, 1.82) is 0 Å². The molecule has 0 spiro atoms. The second-order valence-electron chi connectivity index (χ2n) is 10.6. The van der Waals surface area contributed by atoms with Crippen molar-refractivity contribution in [2.45, 2.75) is 49.0 Å². The van der Waals surface area contributed by atoms with Crippen molar-refractivity contribution in [3.8, 4) is 11.4 Å².